The number of benzene rings is 1. The minimum atomic E-state index is 0.155. The van der Waals surface area contributed by atoms with Crippen LogP contribution in [-0.2, 0) is 11.2 Å². The molecule has 0 aliphatic carbocycles. The molecule has 2 nitrogen and oxygen atoms in total. The van der Waals surface area contributed by atoms with Crippen LogP contribution in [0, 0.1) is 5.41 Å². The second-order valence-corrected chi connectivity index (χ2v) is 6.21. The molecule has 0 saturated carbocycles. The lowest BCUT2D eigenvalue weighted by Gasteiger charge is -2.36. The van der Waals surface area contributed by atoms with Gasteiger partial charge >= 0.3 is 0 Å². The third kappa shape index (κ3) is 2.18. The molecule has 1 saturated heterocycles. The highest BCUT2D eigenvalue weighted by molar-refractivity contribution is 7.17. The van der Waals surface area contributed by atoms with Crippen LogP contribution in [-0.4, -0.2) is 19.8 Å². The lowest BCUT2D eigenvalue weighted by molar-refractivity contribution is -0.00243. The first-order chi connectivity index (χ1) is 8.83. The standard InChI is InChI=1S/C15H19NOS/c16-10-15(6-3-7-17-11-15)8-12-9-18-14-5-2-1-4-13(12)14/h1-2,4-5,9H,3,6-8,10-11,16H2. The van der Waals surface area contributed by atoms with Crippen molar-refractivity contribution in [3.63, 3.8) is 0 Å². The molecule has 1 atom stereocenters. The minimum absolute atomic E-state index is 0.155. The summed E-state index contributed by atoms with van der Waals surface area (Å²) in [4.78, 5) is 0. The number of rotatable bonds is 3. The molecule has 0 amide bonds. The Morgan fingerprint density at radius 2 is 2.22 bits per heavy atom. The summed E-state index contributed by atoms with van der Waals surface area (Å²) >= 11 is 1.83. The summed E-state index contributed by atoms with van der Waals surface area (Å²) in [6.45, 7) is 2.43. The van der Waals surface area contributed by atoms with E-state index < -0.39 is 0 Å². The smallest absolute Gasteiger partial charge is 0.0537 e. The fraction of sp³-hybridized carbons (Fsp3) is 0.467. The van der Waals surface area contributed by atoms with E-state index in [-0.39, 0.29) is 5.41 Å². The molecular formula is C15H19NOS. The van der Waals surface area contributed by atoms with Gasteiger partial charge in [-0.15, -0.1) is 11.3 Å². The number of thiophene rings is 1. The van der Waals surface area contributed by atoms with Crippen molar-refractivity contribution in [1.29, 1.82) is 0 Å². The maximum Gasteiger partial charge on any atom is 0.0537 e. The van der Waals surface area contributed by atoms with Crippen LogP contribution in [0.3, 0.4) is 0 Å². The number of nitrogens with two attached hydrogens (primary N) is 1. The molecule has 1 aliphatic rings. The first-order valence-electron chi connectivity index (χ1n) is 6.56. The summed E-state index contributed by atoms with van der Waals surface area (Å²) in [7, 11) is 0. The molecule has 0 bridgehead atoms. The van der Waals surface area contributed by atoms with Crippen molar-refractivity contribution in [2.45, 2.75) is 19.3 Å². The summed E-state index contributed by atoms with van der Waals surface area (Å²) in [5, 5.41) is 3.68. The summed E-state index contributed by atoms with van der Waals surface area (Å²) < 4.78 is 7.03. The largest absolute Gasteiger partial charge is 0.381 e. The van der Waals surface area contributed by atoms with Crippen LogP contribution >= 0.6 is 11.3 Å². The molecule has 1 fully saturated rings. The fourth-order valence-electron chi connectivity index (χ4n) is 2.86. The molecule has 3 rings (SSSR count). The highest BCUT2D eigenvalue weighted by Crippen LogP contribution is 2.35. The quantitative estimate of drug-likeness (QED) is 0.921. The Hall–Kier alpha value is -0.900. The van der Waals surface area contributed by atoms with Gasteiger partial charge in [0.1, 0.15) is 0 Å². The summed E-state index contributed by atoms with van der Waals surface area (Å²) in [5.74, 6) is 0. The van der Waals surface area contributed by atoms with Crippen LogP contribution in [0.5, 0.6) is 0 Å². The van der Waals surface area contributed by atoms with Gasteiger partial charge in [0.15, 0.2) is 0 Å². The van der Waals surface area contributed by atoms with Crippen LogP contribution in [0.2, 0.25) is 0 Å². The highest BCUT2D eigenvalue weighted by atomic mass is 32.1. The predicted molar refractivity (Wildman–Crippen MR) is 77.1 cm³/mol. The van der Waals surface area contributed by atoms with Crippen LogP contribution < -0.4 is 5.73 Å². The molecule has 1 aromatic carbocycles. The average molecular weight is 261 g/mol. The van der Waals surface area contributed by atoms with E-state index in [2.05, 4.69) is 29.6 Å². The Morgan fingerprint density at radius 1 is 1.33 bits per heavy atom. The van der Waals surface area contributed by atoms with E-state index in [1.54, 1.807) is 0 Å². The Labute approximate surface area is 112 Å². The SMILES string of the molecule is NCC1(Cc2csc3ccccc23)CCCOC1. The first kappa shape index (κ1) is 12.2. The van der Waals surface area contributed by atoms with Crippen molar-refractivity contribution in [3.05, 3.63) is 35.2 Å². The fourth-order valence-corrected chi connectivity index (χ4v) is 3.82. The van der Waals surface area contributed by atoms with E-state index in [1.807, 2.05) is 11.3 Å². The molecule has 3 heteroatoms. The molecule has 0 radical (unpaired) electrons. The molecule has 1 unspecified atom stereocenters. The van der Waals surface area contributed by atoms with Crippen LogP contribution in [0.25, 0.3) is 10.1 Å². The lowest BCUT2D eigenvalue weighted by atomic mass is 9.77. The van der Waals surface area contributed by atoms with Gasteiger partial charge in [0.2, 0.25) is 0 Å². The van der Waals surface area contributed by atoms with Gasteiger partial charge in [-0.25, -0.2) is 0 Å². The van der Waals surface area contributed by atoms with Gasteiger partial charge in [-0.2, -0.15) is 0 Å². The van der Waals surface area contributed by atoms with Crippen LogP contribution in [0.1, 0.15) is 18.4 Å². The molecular weight excluding hydrogens is 242 g/mol. The van der Waals surface area contributed by atoms with Gasteiger partial charge in [-0.05, 0) is 41.7 Å². The molecule has 0 spiro atoms. The van der Waals surface area contributed by atoms with Gasteiger partial charge in [-0.1, -0.05) is 18.2 Å². The maximum atomic E-state index is 6.02. The lowest BCUT2D eigenvalue weighted by Crippen LogP contribution is -2.40. The zero-order valence-electron chi connectivity index (χ0n) is 10.5. The van der Waals surface area contributed by atoms with Crippen molar-refractivity contribution in [2.24, 2.45) is 11.1 Å². The molecule has 18 heavy (non-hydrogen) atoms. The first-order valence-corrected chi connectivity index (χ1v) is 7.44. The van der Waals surface area contributed by atoms with E-state index in [0.717, 1.165) is 32.6 Å². The Kier molecular flexibility index (Phi) is 3.37. The Bertz CT molecular complexity index is 528. The Morgan fingerprint density at radius 3 is 3.00 bits per heavy atom. The van der Waals surface area contributed by atoms with Crippen molar-refractivity contribution in [3.8, 4) is 0 Å². The zero-order valence-corrected chi connectivity index (χ0v) is 11.3. The predicted octanol–water partition coefficient (Wildman–Crippen LogP) is 3.20. The van der Waals surface area contributed by atoms with Gasteiger partial charge in [0.25, 0.3) is 0 Å². The van der Waals surface area contributed by atoms with Crippen LogP contribution in [0.15, 0.2) is 29.6 Å². The topological polar surface area (TPSA) is 35.2 Å². The summed E-state index contributed by atoms with van der Waals surface area (Å²) in [6, 6.07) is 8.63. The number of ether oxygens (including phenoxy) is 1. The van der Waals surface area contributed by atoms with Gasteiger partial charge < -0.3 is 10.5 Å². The van der Waals surface area contributed by atoms with Crippen LogP contribution in [0.4, 0.5) is 0 Å². The monoisotopic (exact) mass is 261 g/mol. The van der Waals surface area contributed by atoms with E-state index in [0.29, 0.717) is 0 Å². The summed E-state index contributed by atoms with van der Waals surface area (Å²) in [6.07, 6.45) is 3.38. The van der Waals surface area contributed by atoms with Crippen molar-refractivity contribution in [2.75, 3.05) is 19.8 Å². The molecule has 1 aliphatic heterocycles. The number of fused-ring (bicyclic) bond motifs is 1. The second kappa shape index (κ2) is 5.00. The van der Waals surface area contributed by atoms with E-state index in [4.69, 9.17) is 10.5 Å². The highest BCUT2D eigenvalue weighted by Gasteiger charge is 2.32. The molecule has 1 aromatic heterocycles. The Balaban J connectivity index is 1.90. The molecule has 2 N–H and O–H groups in total. The third-order valence-corrected chi connectivity index (χ3v) is 4.98. The third-order valence-electron chi connectivity index (χ3n) is 3.96. The molecule has 2 heterocycles. The van der Waals surface area contributed by atoms with Crippen molar-refractivity contribution in [1.82, 2.24) is 0 Å². The zero-order chi connectivity index (χ0) is 12.4. The van der Waals surface area contributed by atoms with E-state index in [1.165, 1.54) is 22.1 Å². The van der Waals surface area contributed by atoms with Gasteiger partial charge in [0, 0.05) is 23.3 Å². The van der Waals surface area contributed by atoms with Crippen molar-refractivity contribution < 1.29 is 4.74 Å². The molecule has 2 aromatic rings. The number of hydrogen-bond acceptors (Lipinski definition) is 3. The number of hydrogen-bond donors (Lipinski definition) is 1. The second-order valence-electron chi connectivity index (χ2n) is 5.29. The molecule has 96 valence electrons. The van der Waals surface area contributed by atoms with Crippen molar-refractivity contribution >= 4 is 21.4 Å². The summed E-state index contributed by atoms with van der Waals surface area (Å²) in [5.41, 5.74) is 7.61. The maximum absolute atomic E-state index is 6.02. The van der Waals surface area contributed by atoms with E-state index >= 15 is 0 Å². The average Bonchev–Trinajstić information content (AvgIpc) is 2.83. The van der Waals surface area contributed by atoms with E-state index in [9.17, 15) is 0 Å². The minimum Gasteiger partial charge on any atom is -0.381 e. The van der Waals surface area contributed by atoms with Gasteiger partial charge in [-0.3, -0.25) is 0 Å². The van der Waals surface area contributed by atoms with Gasteiger partial charge in [0.05, 0.1) is 6.61 Å². The normalized spacial score (nSPS) is 24.5.